The zero-order chi connectivity index (χ0) is 49.5. The molecule has 0 aromatic carbocycles. The Morgan fingerprint density at radius 3 is 1.12 bits per heavy atom. The zero-order valence-electron chi connectivity index (χ0n) is 45.2. The van der Waals surface area contributed by atoms with Crippen LogP contribution < -0.4 is 5.32 Å². The maximum Gasteiger partial charge on any atom is 0.306 e. The Morgan fingerprint density at radius 2 is 0.765 bits per heavy atom. The summed E-state index contributed by atoms with van der Waals surface area (Å²) >= 11 is 0. The van der Waals surface area contributed by atoms with Gasteiger partial charge in [0, 0.05) is 12.8 Å². The quantitative estimate of drug-likeness (QED) is 0.0321. The Balaban J connectivity index is 4.61. The standard InChI is InChI=1S/C62H113NO5/c1-4-7-10-13-16-19-22-25-28-30-33-36-39-42-45-48-51-54-60(65)59(57-64)63-61(66)56-58(53-50-47-44-41-38-35-32-27-24-21-18-15-12-9-6-3)68-62(67)55-52-49-46-43-40-37-34-31-29-26-23-20-17-14-11-8-5-2/h9,12,18,21,27,32,38,41,47,50,58-60,64-65H,4-8,10-11,13-17,19-20,22-26,28-31,33-37,39-40,42-46,48-49,51-57H2,1-3H3,(H,63,66)/b12-9-,21-18-,32-27-,41-38-,50-47-. The molecule has 3 unspecified atom stereocenters. The van der Waals surface area contributed by atoms with E-state index in [0.29, 0.717) is 19.3 Å². The fraction of sp³-hybridized carbons (Fsp3) is 0.806. The van der Waals surface area contributed by atoms with Crippen LogP contribution in [0.2, 0.25) is 0 Å². The van der Waals surface area contributed by atoms with Crippen LogP contribution >= 0.6 is 0 Å². The van der Waals surface area contributed by atoms with E-state index >= 15 is 0 Å². The third-order valence-electron chi connectivity index (χ3n) is 13.4. The Kier molecular flexibility index (Phi) is 53.5. The van der Waals surface area contributed by atoms with Crippen LogP contribution in [-0.4, -0.2) is 46.9 Å². The maximum absolute atomic E-state index is 13.3. The lowest BCUT2D eigenvalue weighted by Crippen LogP contribution is -2.46. The van der Waals surface area contributed by atoms with Crippen LogP contribution in [0.1, 0.15) is 297 Å². The van der Waals surface area contributed by atoms with Crippen LogP contribution in [0.4, 0.5) is 0 Å². The number of hydrogen-bond donors (Lipinski definition) is 3. The molecule has 68 heavy (non-hydrogen) atoms. The minimum atomic E-state index is -0.813. The van der Waals surface area contributed by atoms with Crippen LogP contribution in [0.25, 0.3) is 0 Å². The fourth-order valence-corrected chi connectivity index (χ4v) is 8.93. The van der Waals surface area contributed by atoms with Gasteiger partial charge in [-0.2, -0.15) is 0 Å². The van der Waals surface area contributed by atoms with Gasteiger partial charge in [0.1, 0.15) is 6.10 Å². The van der Waals surface area contributed by atoms with Crippen LogP contribution in [0.3, 0.4) is 0 Å². The number of amides is 1. The summed E-state index contributed by atoms with van der Waals surface area (Å²) in [6.45, 7) is 6.38. The second-order valence-corrected chi connectivity index (χ2v) is 20.0. The van der Waals surface area contributed by atoms with E-state index in [9.17, 15) is 19.8 Å². The number of hydrogen-bond acceptors (Lipinski definition) is 5. The van der Waals surface area contributed by atoms with Crippen molar-refractivity contribution in [2.45, 2.75) is 315 Å². The molecule has 1 amide bonds. The summed E-state index contributed by atoms with van der Waals surface area (Å²) in [5.74, 6) is -0.567. The number of nitrogens with one attached hydrogen (secondary N) is 1. The lowest BCUT2D eigenvalue weighted by Gasteiger charge is -2.24. The highest BCUT2D eigenvalue weighted by atomic mass is 16.5. The number of aliphatic hydroxyl groups is 2. The smallest absolute Gasteiger partial charge is 0.306 e. The number of allylic oxidation sites excluding steroid dienone is 9. The second-order valence-electron chi connectivity index (χ2n) is 20.0. The fourth-order valence-electron chi connectivity index (χ4n) is 8.93. The van der Waals surface area contributed by atoms with Gasteiger partial charge in [-0.25, -0.2) is 0 Å². The number of carbonyl (C=O) groups is 2. The first kappa shape index (κ1) is 65.6. The molecule has 6 nitrogen and oxygen atoms in total. The highest BCUT2D eigenvalue weighted by Gasteiger charge is 2.23. The molecule has 0 saturated heterocycles. The van der Waals surface area contributed by atoms with Crippen molar-refractivity contribution in [3.8, 4) is 0 Å². The first-order chi connectivity index (χ1) is 33.5. The van der Waals surface area contributed by atoms with Crippen molar-refractivity contribution in [2.24, 2.45) is 0 Å². The van der Waals surface area contributed by atoms with Gasteiger partial charge in [0.05, 0.1) is 25.2 Å². The minimum Gasteiger partial charge on any atom is -0.461 e. The van der Waals surface area contributed by atoms with Crippen LogP contribution in [0.5, 0.6) is 0 Å². The van der Waals surface area contributed by atoms with E-state index in [0.717, 1.165) is 70.6 Å². The summed E-state index contributed by atoms with van der Waals surface area (Å²) in [4.78, 5) is 26.2. The van der Waals surface area contributed by atoms with Gasteiger partial charge in [0.25, 0.3) is 0 Å². The van der Waals surface area contributed by atoms with E-state index in [-0.39, 0.29) is 24.9 Å². The summed E-state index contributed by atoms with van der Waals surface area (Å²) in [6.07, 6.45) is 70.2. The highest BCUT2D eigenvalue weighted by Crippen LogP contribution is 2.18. The number of ether oxygens (including phenoxy) is 1. The van der Waals surface area contributed by atoms with Crippen molar-refractivity contribution in [1.29, 1.82) is 0 Å². The van der Waals surface area contributed by atoms with E-state index in [1.54, 1.807) is 0 Å². The minimum absolute atomic E-state index is 0.00143. The van der Waals surface area contributed by atoms with E-state index < -0.39 is 18.2 Å². The summed E-state index contributed by atoms with van der Waals surface area (Å²) in [5, 5.41) is 23.9. The Bertz CT molecular complexity index is 1210. The largest absolute Gasteiger partial charge is 0.461 e. The van der Waals surface area contributed by atoms with Crippen LogP contribution in [0.15, 0.2) is 60.8 Å². The average Bonchev–Trinajstić information content (AvgIpc) is 3.33. The molecule has 0 rings (SSSR count). The molecule has 0 saturated carbocycles. The molecule has 0 spiro atoms. The third-order valence-corrected chi connectivity index (χ3v) is 13.4. The molecule has 0 radical (unpaired) electrons. The maximum atomic E-state index is 13.3. The number of unbranched alkanes of at least 4 members (excludes halogenated alkanes) is 32. The molecule has 0 aliphatic rings. The summed E-state index contributed by atoms with van der Waals surface area (Å²) in [6, 6.07) is -0.733. The van der Waals surface area contributed by atoms with Crippen LogP contribution in [-0.2, 0) is 14.3 Å². The molecular formula is C62H113NO5. The first-order valence-corrected chi connectivity index (χ1v) is 29.5. The summed E-state index contributed by atoms with van der Waals surface area (Å²) in [5.41, 5.74) is 0. The predicted molar refractivity (Wildman–Crippen MR) is 296 cm³/mol. The van der Waals surface area contributed by atoms with E-state index in [2.05, 4.69) is 80.8 Å². The first-order valence-electron chi connectivity index (χ1n) is 29.5. The lowest BCUT2D eigenvalue weighted by molar-refractivity contribution is -0.150. The van der Waals surface area contributed by atoms with Crippen molar-refractivity contribution in [3.63, 3.8) is 0 Å². The third kappa shape index (κ3) is 50.0. The number of carbonyl (C=O) groups excluding carboxylic acids is 2. The van der Waals surface area contributed by atoms with Gasteiger partial charge in [0.15, 0.2) is 0 Å². The lowest BCUT2D eigenvalue weighted by atomic mass is 10.0. The molecule has 0 aromatic rings. The second kappa shape index (κ2) is 55.5. The topological polar surface area (TPSA) is 95.9 Å². The normalized spacial score (nSPS) is 13.5. The number of aliphatic hydroxyl groups excluding tert-OH is 2. The van der Waals surface area contributed by atoms with E-state index in [1.165, 1.54) is 180 Å². The van der Waals surface area contributed by atoms with Gasteiger partial charge in [-0.1, -0.05) is 293 Å². The van der Waals surface area contributed by atoms with Gasteiger partial charge >= 0.3 is 5.97 Å². The molecule has 0 heterocycles. The number of esters is 1. The highest BCUT2D eigenvalue weighted by molar-refractivity contribution is 5.77. The van der Waals surface area contributed by atoms with Gasteiger partial charge in [-0.3, -0.25) is 9.59 Å². The molecule has 0 fully saturated rings. The van der Waals surface area contributed by atoms with Crippen molar-refractivity contribution in [2.75, 3.05) is 6.61 Å². The SMILES string of the molecule is CC/C=C\C/C=C\C/C=C\C/C=C\C/C=C\CC(CC(=O)NC(CO)C(O)CCCCCCCCCCCCCCCCCCC)OC(=O)CCCCCCCCCCCCCCCCCCC. The van der Waals surface area contributed by atoms with E-state index in [1.807, 2.05) is 6.08 Å². The molecule has 0 aromatic heterocycles. The van der Waals surface area contributed by atoms with Crippen LogP contribution in [0, 0.1) is 0 Å². The van der Waals surface area contributed by atoms with E-state index in [4.69, 9.17) is 4.74 Å². The molecule has 0 aliphatic carbocycles. The van der Waals surface area contributed by atoms with Crippen molar-refractivity contribution in [1.82, 2.24) is 5.32 Å². The Labute approximate surface area is 422 Å². The van der Waals surface area contributed by atoms with Crippen molar-refractivity contribution >= 4 is 11.9 Å². The van der Waals surface area contributed by atoms with Gasteiger partial charge in [-0.15, -0.1) is 0 Å². The monoisotopic (exact) mass is 952 g/mol. The molecule has 0 bridgehead atoms. The number of rotatable bonds is 53. The Hall–Kier alpha value is -2.44. The van der Waals surface area contributed by atoms with Gasteiger partial charge in [-0.05, 0) is 44.9 Å². The summed E-state index contributed by atoms with van der Waals surface area (Å²) < 4.78 is 5.90. The summed E-state index contributed by atoms with van der Waals surface area (Å²) in [7, 11) is 0. The molecular weight excluding hydrogens is 839 g/mol. The predicted octanol–water partition coefficient (Wildman–Crippen LogP) is 18.4. The van der Waals surface area contributed by atoms with Gasteiger partial charge < -0.3 is 20.3 Å². The molecule has 396 valence electrons. The average molecular weight is 953 g/mol. The van der Waals surface area contributed by atoms with Crippen molar-refractivity contribution in [3.05, 3.63) is 60.8 Å². The van der Waals surface area contributed by atoms with Gasteiger partial charge in [0.2, 0.25) is 5.91 Å². The molecule has 6 heteroatoms. The molecule has 3 N–H and O–H groups in total. The van der Waals surface area contributed by atoms with Crippen molar-refractivity contribution < 1.29 is 24.5 Å². The molecule has 0 aliphatic heterocycles. The molecule has 3 atom stereocenters. The zero-order valence-corrected chi connectivity index (χ0v) is 45.2. The Morgan fingerprint density at radius 1 is 0.441 bits per heavy atom.